The van der Waals surface area contributed by atoms with Gasteiger partial charge in [-0.3, -0.25) is 0 Å². The summed E-state index contributed by atoms with van der Waals surface area (Å²) < 4.78 is 0. The second kappa shape index (κ2) is 7.66. The molecule has 1 aromatic carbocycles. The highest BCUT2D eigenvalue weighted by Crippen LogP contribution is 2.23. The molecular formula is C17H29NO. The van der Waals surface area contributed by atoms with E-state index >= 15 is 0 Å². The van der Waals surface area contributed by atoms with Gasteiger partial charge in [-0.1, -0.05) is 52.0 Å². The summed E-state index contributed by atoms with van der Waals surface area (Å²) in [5.41, 5.74) is 2.32. The topological polar surface area (TPSA) is 32.3 Å². The van der Waals surface area contributed by atoms with Gasteiger partial charge in [-0.25, -0.2) is 0 Å². The van der Waals surface area contributed by atoms with Crippen molar-refractivity contribution in [2.24, 2.45) is 5.92 Å². The first-order valence-corrected chi connectivity index (χ1v) is 7.52. The Labute approximate surface area is 118 Å². The monoisotopic (exact) mass is 263 g/mol. The van der Waals surface area contributed by atoms with Gasteiger partial charge in [0.05, 0.1) is 6.10 Å². The summed E-state index contributed by atoms with van der Waals surface area (Å²) in [5.74, 6) is 0.398. The molecule has 0 aliphatic heterocycles. The van der Waals surface area contributed by atoms with Crippen LogP contribution in [-0.4, -0.2) is 17.2 Å². The summed E-state index contributed by atoms with van der Waals surface area (Å²) in [6.07, 6.45) is 1.67. The highest BCUT2D eigenvalue weighted by molar-refractivity contribution is 5.25. The first-order chi connectivity index (χ1) is 8.99. The molecule has 0 aromatic heterocycles. The van der Waals surface area contributed by atoms with Crippen LogP contribution in [0.4, 0.5) is 0 Å². The molecule has 19 heavy (non-hydrogen) atoms. The lowest BCUT2D eigenvalue weighted by atomic mass is 9.92. The van der Waals surface area contributed by atoms with E-state index in [0.29, 0.717) is 12.0 Å². The van der Waals surface area contributed by atoms with Gasteiger partial charge in [-0.2, -0.15) is 0 Å². The molecular weight excluding hydrogens is 234 g/mol. The third kappa shape index (κ3) is 4.63. The Morgan fingerprint density at radius 3 is 2.05 bits per heavy atom. The van der Waals surface area contributed by atoms with E-state index in [1.165, 1.54) is 5.56 Å². The first-order valence-electron chi connectivity index (χ1n) is 7.52. The fraction of sp³-hybridized carbons (Fsp3) is 0.647. The van der Waals surface area contributed by atoms with Crippen molar-refractivity contribution >= 4 is 0 Å². The third-order valence-corrected chi connectivity index (χ3v) is 3.88. The molecule has 0 heterocycles. The maximum atomic E-state index is 10.6. The number of hydrogen-bond donors (Lipinski definition) is 2. The molecule has 0 aliphatic carbocycles. The molecule has 3 atom stereocenters. The van der Waals surface area contributed by atoms with Crippen LogP contribution in [0.2, 0.25) is 0 Å². The van der Waals surface area contributed by atoms with Crippen molar-refractivity contribution in [2.75, 3.05) is 0 Å². The Bertz CT molecular complexity index is 358. The first kappa shape index (κ1) is 16.2. The molecule has 108 valence electrons. The zero-order chi connectivity index (χ0) is 14.4. The van der Waals surface area contributed by atoms with E-state index in [1.54, 1.807) is 0 Å². The fourth-order valence-corrected chi connectivity index (χ4v) is 2.25. The van der Waals surface area contributed by atoms with Gasteiger partial charge in [-0.15, -0.1) is 0 Å². The van der Waals surface area contributed by atoms with Crippen molar-refractivity contribution in [3.63, 3.8) is 0 Å². The number of benzene rings is 1. The average Bonchev–Trinajstić information content (AvgIpc) is 2.43. The Morgan fingerprint density at radius 2 is 1.63 bits per heavy atom. The van der Waals surface area contributed by atoms with Crippen molar-refractivity contribution in [2.45, 2.75) is 65.6 Å². The van der Waals surface area contributed by atoms with Crippen molar-refractivity contribution in [3.05, 3.63) is 35.4 Å². The number of hydrogen-bond acceptors (Lipinski definition) is 2. The normalized spacial score (nSPS) is 16.4. The van der Waals surface area contributed by atoms with Crippen LogP contribution >= 0.6 is 0 Å². The van der Waals surface area contributed by atoms with E-state index in [9.17, 15) is 5.11 Å². The van der Waals surface area contributed by atoms with Crippen LogP contribution in [0.25, 0.3) is 0 Å². The smallest absolute Gasteiger partial charge is 0.0945 e. The number of nitrogens with one attached hydrogen (secondary N) is 1. The van der Waals surface area contributed by atoms with E-state index in [1.807, 2.05) is 0 Å². The zero-order valence-corrected chi connectivity index (χ0v) is 13.0. The lowest BCUT2D eigenvalue weighted by Gasteiger charge is -2.30. The van der Waals surface area contributed by atoms with Gasteiger partial charge in [0.15, 0.2) is 0 Å². The largest absolute Gasteiger partial charge is 0.387 e. The summed E-state index contributed by atoms with van der Waals surface area (Å²) in [4.78, 5) is 0. The molecule has 0 amide bonds. The lowest BCUT2D eigenvalue weighted by Crippen LogP contribution is -2.43. The van der Waals surface area contributed by atoms with E-state index in [-0.39, 0.29) is 6.04 Å². The number of aliphatic hydroxyl groups is 1. The van der Waals surface area contributed by atoms with Gasteiger partial charge >= 0.3 is 0 Å². The molecule has 0 radical (unpaired) electrons. The van der Waals surface area contributed by atoms with E-state index in [0.717, 1.165) is 18.4 Å². The summed E-state index contributed by atoms with van der Waals surface area (Å²) in [6, 6.07) is 8.85. The standard InChI is InChI=1S/C17H29NO/c1-6-13(5)18-16(12(3)4)17(19)15-10-8-14(7-2)9-11-15/h8-13,16-19H,6-7H2,1-5H3. The van der Waals surface area contributed by atoms with Gasteiger partial charge in [0.25, 0.3) is 0 Å². The van der Waals surface area contributed by atoms with Gasteiger partial charge in [0.2, 0.25) is 0 Å². The van der Waals surface area contributed by atoms with Crippen molar-refractivity contribution < 1.29 is 5.11 Å². The minimum Gasteiger partial charge on any atom is -0.387 e. The quantitative estimate of drug-likeness (QED) is 0.786. The predicted octanol–water partition coefficient (Wildman–Crippen LogP) is 3.70. The number of aryl methyl sites for hydroxylation is 1. The van der Waals surface area contributed by atoms with Crippen LogP contribution in [0.3, 0.4) is 0 Å². The Kier molecular flexibility index (Phi) is 6.53. The van der Waals surface area contributed by atoms with Gasteiger partial charge in [0.1, 0.15) is 0 Å². The second-order valence-corrected chi connectivity index (χ2v) is 5.79. The summed E-state index contributed by atoms with van der Waals surface area (Å²) >= 11 is 0. The fourth-order valence-electron chi connectivity index (χ4n) is 2.25. The molecule has 1 aromatic rings. The van der Waals surface area contributed by atoms with Crippen LogP contribution in [0, 0.1) is 5.92 Å². The number of aliphatic hydroxyl groups excluding tert-OH is 1. The zero-order valence-electron chi connectivity index (χ0n) is 13.0. The second-order valence-electron chi connectivity index (χ2n) is 5.79. The Balaban J connectivity index is 2.82. The highest BCUT2D eigenvalue weighted by atomic mass is 16.3. The minimum atomic E-state index is -0.445. The van der Waals surface area contributed by atoms with E-state index in [4.69, 9.17) is 0 Å². The molecule has 0 saturated carbocycles. The van der Waals surface area contributed by atoms with Crippen LogP contribution < -0.4 is 5.32 Å². The molecule has 1 rings (SSSR count). The molecule has 0 saturated heterocycles. The minimum absolute atomic E-state index is 0.0995. The van der Waals surface area contributed by atoms with Crippen molar-refractivity contribution in [1.82, 2.24) is 5.32 Å². The molecule has 0 spiro atoms. The molecule has 2 heteroatoms. The molecule has 0 bridgehead atoms. The number of rotatable bonds is 7. The third-order valence-electron chi connectivity index (χ3n) is 3.88. The maximum Gasteiger partial charge on any atom is 0.0945 e. The van der Waals surface area contributed by atoms with E-state index < -0.39 is 6.10 Å². The average molecular weight is 263 g/mol. The van der Waals surface area contributed by atoms with Crippen LogP contribution in [0.5, 0.6) is 0 Å². The summed E-state index contributed by atoms with van der Waals surface area (Å²) in [6.45, 7) is 10.8. The van der Waals surface area contributed by atoms with Gasteiger partial charge < -0.3 is 10.4 Å². The predicted molar refractivity (Wildman–Crippen MR) is 82.3 cm³/mol. The van der Waals surface area contributed by atoms with Gasteiger partial charge in [-0.05, 0) is 36.8 Å². The highest BCUT2D eigenvalue weighted by Gasteiger charge is 2.24. The lowest BCUT2D eigenvalue weighted by molar-refractivity contribution is 0.0986. The Morgan fingerprint density at radius 1 is 1.05 bits per heavy atom. The SMILES string of the molecule is CCc1ccc(C(O)C(NC(C)CC)C(C)C)cc1. The van der Waals surface area contributed by atoms with E-state index in [2.05, 4.69) is 64.2 Å². The Hall–Kier alpha value is -0.860. The summed E-state index contributed by atoms with van der Waals surface area (Å²) in [7, 11) is 0. The van der Waals surface area contributed by atoms with Crippen molar-refractivity contribution in [1.29, 1.82) is 0 Å². The maximum absolute atomic E-state index is 10.6. The van der Waals surface area contributed by atoms with Crippen LogP contribution in [-0.2, 0) is 6.42 Å². The molecule has 2 nitrogen and oxygen atoms in total. The molecule has 0 fully saturated rings. The van der Waals surface area contributed by atoms with Gasteiger partial charge in [0, 0.05) is 12.1 Å². The molecule has 2 N–H and O–H groups in total. The summed E-state index contributed by atoms with van der Waals surface area (Å²) in [5, 5.41) is 14.1. The van der Waals surface area contributed by atoms with Crippen LogP contribution in [0.15, 0.2) is 24.3 Å². The van der Waals surface area contributed by atoms with Crippen molar-refractivity contribution in [3.8, 4) is 0 Å². The van der Waals surface area contributed by atoms with Crippen LogP contribution in [0.1, 0.15) is 58.3 Å². The molecule has 0 aliphatic rings. The molecule has 3 unspecified atom stereocenters.